The molecule has 0 saturated carbocycles. The minimum absolute atomic E-state index is 0.00736. The summed E-state index contributed by atoms with van der Waals surface area (Å²) in [6.45, 7) is 2.44. The van der Waals surface area contributed by atoms with Gasteiger partial charge in [-0.3, -0.25) is 24.0 Å². The first-order chi connectivity index (χ1) is 26.6. The van der Waals surface area contributed by atoms with Crippen LogP contribution in [0.4, 0.5) is 10.1 Å². The number of anilines is 1. The Hall–Kier alpha value is -6.83. The number of pyridine rings is 1. The number of H-pyrrole nitrogens is 1. The predicted octanol–water partition coefficient (Wildman–Crippen LogP) is 2.43. The highest BCUT2D eigenvalue weighted by molar-refractivity contribution is 6.02. The van der Waals surface area contributed by atoms with Crippen molar-refractivity contribution in [3.8, 4) is 17.2 Å². The van der Waals surface area contributed by atoms with Gasteiger partial charge >= 0.3 is 0 Å². The quantitative estimate of drug-likeness (QED) is 0.0763. The molecule has 5 aromatic rings. The van der Waals surface area contributed by atoms with Crippen LogP contribution >= 0.6 is 0 Å². The molecule has 6 N–H and O–H groups in total. The Morgan fingerprint density at radius 1 is 0.855 bits per heavy atom. The number of carbonyl (C=O) groups excluding carboxylic acids is 4. The molecular weight excluding hydrogens is 709 g/mol. The first kappa shape index (κ1) is 39.4. The fourth-order valence-corrected chi connectivity index (χ4v) is 5.52. The molecule has 2 heterocycles. The van der Waals surface area contributed by atoms with Gasteiger partial charge in [0, 0.05) is 56.7 Å². The van der Waals surface area contributed by atoms with Gasteiger partial charge in [0.2, 0.25) is 11.8 Å². The highest BCUT2D eigenvalue weighted by Crippen LogP contribution is 2.25. The summed E-state index contributed by atoms with van der Waals surface area (Å²) in [7, 11) is 0. The standard InChI is InChI=1S/C39H38FN9O6/c1-24(50)47-34-20-28(27-6-4-5-26(17-27)21-41)22-46-36(34)39(54)45-14-16-55-15-13-42-23-35(51)43-11-12-44-37(52)31-18-25(9-10-32(31)40)19-33-29-7-2-3-8-30(29)38(53)49-48-33/h2-10,17-18,20,22,42H,11-16,19,23H2,1H3,(H,43,51)(H,44,52)(H,45,54)(H,47,50)(H,49,53). The van der Waals surface area contributed by atoms with Crippen molar-refractivity contribution in [3.05, 3.63) is 123 Å². The first-order valence-electron chi connectivity index (χ1n) is 17.3. The number of hydrogen-bond donors (Lipinski definition) is 6. The van der Waals surface area contributed by atoms with Crippen molar-refractivity contribution in [2.75, 3.05) is 51.3 Å². The Balaban J connectivity index is 0.965. The fraction of sp³-hybridized carbons (Fsp3) is 0.231. The van der Waals surface area contributed by atoms with Crippen LogP contribution in [0.3, 0.4) is 0 Å². The molecule has 55 heavy (non-hydrogen) atoms. The third-order valence-electron chi connectivity index (χ3n) is 8.13. The van der Waals surface area contributed by atoms with Crippen molar-refractivity contribution in [1.82, 2.24) is 36.4 Å². The number of aromatic amines is 1. The lowest BCUT2D eigenvalue weighted by atomic mass is 10.0. The van der Waals surface area contributed by atoms with E-state index in [-0.39, 0.29) is 80.1 Å². The number of halogens is 1. The number of nitrogens with zero attached hydrogens (tertiary/aromatic N) is 3. The summed E-state index contributed by atoms with van der Waals surface area (Å²) < 4.78 is 20.1. The summed E-state index contributed by atoms with van der Waals surface area (Å²) in [5, 5.41) is 30.5. The zero-order valence-corrected chi connectivity index (χ0v) is 29.8. The van der Waals surface area contributed by atoms with E-state index < -0.39 is 17.6 Å². The zero-order chi connectivity index (χ0) is 39.2. The van der Waals surface area contributed by atoms with E-state index in [0.29, 0.717) is 45.3 Å². The second-order valence-corrected chi connectivity index (χ2v) is 12.2. The number of benzene rings is 3. The minimum Gasteiger partial charge on any atom is -0.378 e. The van der Waals surface area contributed by atoms with Crippen LogP contribution in [0.1, 0.15) is 44.6 Å². The molecule has 0 bridgehead atoms. The topological polar surface area (TPSA) is 220 Å². The van der Waals surface area contributed by atoms with E-state index in [0.717, 1.165) is 0 Å². The van der Waals surface area contributed by atoms with Gasteiger partial charge in [-0.1, -0.05) is 36.4 Å². The lowest BCUT2D eigenvalue weighted by molar-refractivity contribution is -0.120. The van der Waals surface area contributed by atoms with E-state index in [2.05, 4.69) is 47.8 Å². The monoisotopic (exact) mass is 747 g/mol. The number of nitriles is 1. The van der Waals surface area contributed by atoms with Crippen LogP contribution in [0.2, 0.25) is 0 Å². The second kappa shape index (κ2) is 19.3. The molecule has 0 radical (unpaired) electrons. The molecule has 0 fully saturated rings. The van der Waals surface area contributed by atoms with Gasteiger partial charge in [-0.05, 0) is 47.5 Å². The van der Waals surface area contributed by atoms with Crippen molar-refractivity contribution in [2.24, 2.45) is 0 Å². The number of carbonyl (C=O) groups is 4. The van der Waals surface area contributed by atoms with Gasteiger partial charge < -0.3 is 31.3 Å². The van der Waals surface area contributed by atoms with Crippen molar-refractivity contribution in [1.29, 1.82) is 5.26 Å². The van der Waals surface area contributed by atoms with E-state index in [1.54, 1.807) is 60.7 Å². The molecule has 0 aliphatic rings. The van der Waals surface area contributed by atoms with E-state index >= 15 is 0 Å². The largest absolute Gasteiger partial charge is 0.378 e. The van der Waals surface area contributed by atoms with E-state index in [4.69, 9.17) is 4.74 Å². The molecule has 15 nitrogen and oxygen atoms in total. The Morgan fingerprint density at radius 3 is 2.42 bits per heavy atom. The van der Waals surface area contributed by atoms with Crippen LogP contribution < -0.4 is 32.1 Å². The van der Waals surface area contributed by atoms with Crippen LogP contribution in [0, 0.1) is 17.1 Å². The third kappa shape index (κ3) is 11.1. The highest BCUT2D eigenvalue weighted by atomic mass is 19.1. The van der Waals surface area contributed by atoms with Crippen LogP contribution in [-0.2, 0) is 20.7 Å². The summed E-state index contributed by atoms with van der Waals surface area (Å²) in [6.07, 6.45) is 1.76. The average molecular weight is 748 g/mol. The normalized spacial score (nSPS) is 10.7. The maximum Gasteiger partial charge on any atom is 0.272 e. The van der Waals surface area contributed by atoms with Gasteiger partial charge in [-0.15, -0.1) is 0 Å². The molecule has 0 atom stereocenters. The van der Waals surface area contributed by atoms with Crippen molar-refractivity contribution in [2.45, 2.75) is 13.3 Å². The Bertz CT molecular complexity index is 2310. The van der Waals surface area contributed by atoms with E-state index in [1.807, 2.05) is 0 Å². The fourth-order valence-electron chi connectivity index (χ4n) is 5.52. The number of nitrogens with one attached hydrogen (secondary N) is 6. The SMILES string of the molecule is CC(=O)Nc1cc(-c2cccc(C#N)c2)cnc1C(=O)NCCOCCNCC(=O)NCCNC(=O)c1cc(Cc2n[nH]c(=O)c3ccccc23)ccc1F. The summed E-state index contributed by atoms with van der Waals surface area (Å²) in [6, 6.07) is 21.8. The van der Waals surface area contributed by atoms with Gasteiger partial charge in [-0.2, -0.15) is 10.4 Å². The lowest BCUT2D eigenvalue weighted by Gasteiger charge is -2.12. The van der Waals surface area contributed by atoms with Gasteiger partial charge in [-0.25, -0.2) is 14.5 Å². The van der Waals surface area contributed by atoms with Gasteiger partial charge in [0.15, 0.2) is 5.69 Å². The molecule has 0 unspecified atom stereocenters. The maximum absolute atomic E-state index is 14.6. The maximum atomic E-state index is 14.6. The third-order valence-corrected chi connectivity index (χ3v) is 8.13. The molecule has 0 saturated heterocycles. The molecule has 4 amide bonds. The second-order valence-electron chi connectivity index (χ2n) is 12.2. The first-order valence-corrected chi connectivity index (χ1v) is 17.3. The van der Waals surface area contributed by atoms with E-state index in [9.17, 15) is 33.6 Å². The van der Waals surface area contributed by atoms with Crippen LogP contribution in [0.15, 0.2) is 83.8 Å². The Kier molecular flexibility index (Phi) is 13.8. The number of aromatic nitrogens is 3. The van der Waals surface area contributed by atoms with Crippen molar-refractivity contribution >= 4 is 40.1 Å². The summed E-state index contributed by atoms with van der Waals surface area (Å²) in [5.74, 6) is -2.54. The van der Waals surface area contributed by atoms with Crippen molar-refractivity contribution in [3.63, 3.8) is 0 Å². The number of ether oxygens (including phenoxy) is 1. The average Bonchev–Trinajstić information content (AvgIpc) is 3.19. The number of rotatable bonds is 17. The van der Waals surface area contributed by atoms with Crippen molar-refractivity contribution < 1.29 is 28.3 Å². The molecule has 5 rings (SSSR count). The lowest BCUT2D eigenvalue weighted by Crippen LogP contribution is -2.39. The van der Waals surface area contributed by atoms with Gasteiger partial charge in [0.05, 0.1) is 53.7 Å². The highest BCUT2D eigenvalue weighted by Gasteiger charge is 2.17. The summed E-state index contributed by atoms with van der Waals surface area (Å²) in [5.41, 5.74) is 2.78. The van der Waals surface area contributed by atoms with Crippen LogP contribution in [0.25, 0.3) is 21.9 Å². The Labute approximate surface area is 314 Å². The van der Waals surface area contributed by atoms with Gasteiger partial charge in [0.1, 0.15) is 5.82 Å². The number of fused-ring (bicyclic) bond motifs is 1. The summed E-state index contributed by atoms with van der Waals surface area (Å²) >= 11 is 0. The Morgan fingerprint density at radius 2 is 1.62 bits per heavy atom. The predicted molar refractivity (Wildman–Crippen MR) is 202 cm³/mol. The molecule has 0 aliphatic heterocycles. The summed E-state index contributed by atoms with van der Waals surface area (Å²) in [4.78, 5) is 65.9. The molecule has 0 aliphatic carbocycles. The molecule has 2 aromatic heterocycles. The van der Waals surface area contributed by atoms with E-state index in [1.165, 1.54) is 25.3 Å². The van der Waals surface area contributed by atoms with Gasteiger partial charge in [0.25, 0.3) is 17.4 Å². The molecule has 3 aromatic carbocycles. The molecule has 282 valence electrons. The number of amides is 4. The molecule has 16 heteroatoms. The van der Waals surface area contributed by atoms with Crippen LogP contribution in [-0.4, -0.2) is 84.7 Å². The smallest absolute Gasteiger partial charge is 0.272 e. The molecular formula is C39H38FN9O6. The minimum atomic E-state index is -0.697. The zero-order valence-electron chi connectivity index (χ0n) is 29.8. The molecule has 0 spiro atoms. The van der Waals surface area contributed by atoms with Crippen LogP contribution in [0.5, 0.6) is 0 Å². The number of hydrogen-bond acceptors (Lipinski definition) is 10.